The van der Waals surface area contributed by atoms with Crippen LogP contribution < -0.4 is 21.2 Å². The second-order valence-electron chi connectivity index (χ2n) is 8.56. The van der Waals surface area contributed by atoms with Gasteiger partial charge in [-0.25, -0.2) is 0 Å². The molecule has 0 bridgehead atoms. The Morgan fingerprint density at radius 2 is 0.528 bits per heavy atom. The van der Waals surface area contributed by atoms with Crippen LogP contribution in [0.3, 0.4) is 0 Å². The topological polar surface area (TPSA) is 0 Å². The van der Waals surface area contributed by atoms with Crippen molar-refractivity contribution in [2.24, 2.45) is 0 Å². The molecule has 0 amide bonds. The summed E-state index contributed by atoms with van der Waals surface area (Å²) in [6.45, 7) is 4.61. The van der Waals surface area contributed by atoms with Crippen molar-refractivity contribution in [3.05, 3.63) is 146 Å². The van der Waals surface area contributed by atoms with E-state index in [1.54, 1.807) is 0 Å². The highest BCUT2D eigenvalue weighted by atomic mass is 31.1. The third-order valence-electron chi connectivity index (χ3n) is 5.91. The molecule has 36 heavy (non-hydrogen) atoms. The molecule has 184 valence electrons. The number of benzene rings is 4. The van der Waals surface area contributed by atoms with Gasteiger partial charge in [-0.15, -0.1) is 0 Å². The van der Waals surface area contributed by atoms with Crippen molar-refractivity contribution in [2.75, 3.05) is 13.3 Å². The first-order valence-corrected chi connectivity index (χ1v) is 16.3. The first kappa shape index (κ1) is 27.8. The van der Waals surface area contributed by atoms with E-state index in [0.29, 0.717) is 0 Å². The van der Waals surface area contributed by atoms with Crippen molar-refractivity contribution in [3.63, 3.8) is 0 Å². The van der Waals surface area contributed by atoms with E-state index in [1.165, 1.54) is 46.9 Å². The third kappa shape index (κ3) is 10.1. The highest BCUT2D eigenvalue weighted by Crippen LogP contribution is 2.28. The lowest BCUT2D eigenvalue weighted by atomic mass is 10.1. The lowest BCUT2D eigenvalue weighted by Gasteiger charge is -2.12. The molecule has 2 heteroatoms. The Balaban J connectivity index is 0.000000157. The molecule has 0 aliphatic heterocycles. The third-order valence-corrected chi connectivity index (χ3v) is 10.2. The van der Waals surface area contributed by atoms with Crippen molar-refractivity contribution in [3.8, 4) is 0 Å². The largest absolute Gasteiger partial charge is 0.0882 e. The van der Waals surface area contributed by atoms with Gasteiger partial charge in [-0.1, -0.05) is 146 Å². The van der Waals surface area contributed by atoms with Crippen molar-refractivity contribution in [1.29, 1.82) is 0 Å². The fraction of sp³-hybridized carbons (Fsp3) is 0.176. The average Bonchev–Trinajstić information content (AvgIpc) is 2.94. The molecule has 5 rings (SSSR count). The van der Waals surface area contributed by atoms with Gasteiger partial charge in [0, 0.05) is 0 Å². The zero-order valence-electron chi connectivity index (χ0n) is 21.6. The van der Waals surface area contributed by atoms with Crippen molar-refractivity contribution < 1.29 is 0 Å². The first-order chi connectivity index (χ1) is 17.8. The average molecular weight is 509 g/mol. The number of hydrogen-bond donors (Lipinski definition) is 0. The maximum absolute atomic E-state index is 2.31. The fourth-order valence-corrected chi connectivity index (χ4v) is 6.83. The molecule has 0 heterocycles. The van der Waals surface area contributed by atoms with Crippen molar-refractivity contribution in [2.45, 2.75) is 25.7 Å². The van der Waals surface area contributed by atoms with Gasteiger partial charge in [0.15, 0.2) is 0 Å². The molecule has 0 nitrogen and oxygen atoms in total. The fourth-order valence-electron chi connectivity index (χ4n) is 3.76. The molecule has 0 fully saturated rings. The maximum Gasteiger partial charge on any atom is -0.0198 e. The van der Waals surface area contributed by atoms with Gasteiger partial charge in [0.25, 0.3) is 0 Å². The number of allylic oxidation sites excluding steroid dienone is 4. The molecule has 0 N–H and O–H groups in total. The lowest BCUT2D eigenvalue weighted by Crippen LogP contribution is -2.09. The molecule has 0 spiro atoms. The first-order valence-electron chi connectivity index (χ1n) is 12.7. The minimum atomic E-state index is -0.171. The van der Waals surface area contributed by atoms with Gasteiger partial charge in [-0.2, -0.15) is 0 Å². The predicted molar refractivity (Wildman–Crippen MR) is 167 cm³/mol. The second-order valence-corrected chi connectivity index (χ2v) is 12.9. The zero-order valence-corrected chi connectivity index (χ0v) is 23.4. The molecule has 0 saturated heterocycles. The van der Waals surface area contributed by atoms with Crippen LogP contribution >= 0.6 is 15.8 Å². The summed E-state index contributed by atoms with van der Waals surface area (Å²) < 4.78 is 0. The summed E-state index contributed by atoms with van der Waals surface area (Å²) in [6.07, 6.45) is 14.0. The zero-order chi connectivity index (χ0) is 25.3. The second kappa shape index (κ2) is 16.8. The molecule has 1 aliphatic carbocycles. The summed E-state index contributed by atoms with van der Waals surface area (Å²) in [6, 6.07) is 42.8. The van der Waals surface area contributed by atoms with E-state index >= 15 is 0 Å². The van der Waals surface area contributed by atoms with E-state index in [-0.39, 0.29) is 15.8 Å². The van der Waals surface area contributed by atoms with Crippen LogP contribution in [0.1, 0.15) is 25.7 Å². The quantitative estimate of drug-likeness (QED) is 0.193. The van der Waals surface area contributed by atoms with Gasteiger partial charge in [0.2, 0.25) is 0 Å². The molecule has 0 unspecified atom stereocenters. The molecular formula is C34H38P2. The predicted octanol–water partition coefficient (Wildman–Crippen LogP) is 8.17. The van der Waals surface area contributed by atoms with Gasteiger partial charge in [0.05, 0.1) is 0 Å². The van der Waals surface area contributed by atoms with Gasteiger partial charge < -0.3 is 0 Å². The molecule has 0 saturated carbocycles. The minimum absolute atomic E-state index is 0.171. The van der Waals surface area contributed by atoms with E-state index in [4.69, 9.17) is 0 Å². The SMILES string of the molecule is C1=CCCC=CCC1.CP(c1ccccc1)c1ccccc1.CP(c1ccccc1)c1ccccc1. The van der Waals surface area contributed by atoms with E-state index in [1.807, 2.05) is 0 Å². The molecule has 0 aromatic heterocycles. The van der Waals surface area contributed by atoms with Crippen LogP contribution in [0, 0.1) is 0 Å². The number of hydrogen-bond acceptors (Lipinski definition) is 0. The van der Waals surface area contributed by atoms with Gasteiger partial charge in [0.1, 0.15) is 0 Å². The van der Waals surface area contributed by atoms with Gasteiger partial charge >= 0.3 is 0 Å². The van der Waals surface area contributed by atoms with Gasteiger partial charge in [-0.05, 0) is 76.1 Å². The molecular weight excluding hydrogens is 470 g/mol. The van der Waals surface area contributed by atoms with E-state index in [0.717, 1.165) is 0 Å². The van der Waals surface area contributed by atoms with Crippen LogP contribution in [0.15, 0.2) is 146 Å². The van der Waals surface area contributed by atoms with Gasteiger partial charge in [-0.3, -0.25) is 0 Å². The smallest absolute Gasteiger partial charge is 0.0198 e. The Labute approximate surface area is 221 Å². The minimum Gasteiger partial charge on any atom is -0.0882 e. The van der Waals surface area contributed by atoms with Crippen LogP contribution in [0.5, 0.6) is 0 Å². The molecule has 4 aromatic rings. The van der Waals surface area contributed by atoms with E-state index < -0.39 is 0 Å². The van der Waals surface area contributed by atoms with E-state index in [2.05, 4.69) is 159 Å². The van der Waals surface area contributed by atoms with Crippen LogP contribution in [0.4, 0.5) is 0 Å². The maximum atomic E-state index is 2.31. The Hall–Kier alpha value is -2.78. The van der Waals surface area contributed by atoms with Crippen LogP contribution in [0.2, 0.25) is 0 Å². The Morgan fingerprint density at radius 3 is 0.722 bits per heavy atom. The normalized spacial score (nSPS) is 12.6. The van der Waals surface area contributed by atoms with Crippen molar-refractivity contribution in [1.82, 2.24) is 0 Å². The molecule has 1 aliphatic rings. The molecule has 4 aromatic carbocycles. The summed E-state index contributed by atoms with van der Waals surface area (Å²) in [5.41, 5.74) is 0. The highest BCUT2D eigenvalue weighted by molar-refractivity contribution is 7.72. The Morgan fingerprint density at radius 1 is 0.333 bits per heavy atom. The summed E-state index contributed by atoms with van der Waals surface area (Å²) in [5, 5.41) is 5.75. The number of rotatable bonds is 4. The molecule has 0 atom stereocenters. The van der Waals surface area contributed by atoms with Crippen molar-refractivity contribution >= 4 is 37.1 Å². The monoisotopic (exact) mass is 508 g/mol. The Kier molecular flexibility index (Phi) is 13.0. The summed E-state index contributed by atoms with van der Waals surface area (Å²) in [4.78, 5) is 0. The summed E-state index contributed by atoms with van der Waals surface area (Å²) in [7, 11) is -0.342. The molecule has 0 radical (unpaired) electrons. The summed E-state index contributed by atoms with van der Waals surface area (Å²) in [5.74, 6) is 0. The van der Waals surface area contributed by atoms with E-state index in [9.17, 15) is 0 Å². The van der Waals surface area contributed by atoms with Crippen LogP contribution in [-0.2, 0) is 0 Å². The lowest BCUT2D eigenvalue weighted by molar-refractivity contribution is 0.962. The van der Waals surface area contributed by atoms with Crippen LogP contribution in [-0.4, -0.2) is 13.3 Å². The van der Waals surface area contributed by atoms with Crippen LogP contribution in [0.25, 0.3) is 0 Å². The Bertz CT molecular complexity index is 951. The highest BCUT2D eigenvalue weighted by Gasteiger charge is 2.06. The standard InChI is InChI=1S/2C13H13P.C8H12/c2*1-14(12-8-4-2-5-9-12)13-10-6-3-7-11-13;1-2-4-6-8-7-5-3-1/h2*2-11H,1H3;1-2,7-8H,3-6H2. The summed E-state index contributed by atoms with van der Waals surface area (Å²) >= 11 is 0.